The number of nitrogens with one attached hydrogen (secondary N) is 1. The lowest BCUT2D eigenvalue weighted by Gasteiger charge is -2.14. The third-order valence-corrected chi connectivity index (χ3v) is 2.96. The topological polar surface area (TPSA) is 67.8 Å². The first kappa shape index (κ1) is 13.8. The van der Waals surface area contributed by atoms with Gasteiger partial charge in [0, 0.05) is 6.42 Å². The summed E-state index contributed by atoms with van der Waals surface area (Å²) in [5.41, 5.74) is 0. The van der Waals surface area contributed by atoms with Crippen LogP contribution in [0.4, 0.5) is 0 Å². The zero-order chi connectivity index (χ0) is 13.5. The molecule has 0 spiro atoms. The molecule has 0 unspecified atom stereocenters. The number of hydrogen-bond acceptors (Lipinski definition) is 4. The minimum Gasteiger partial charge on any atom is -0.494 e. The predicted octanol–water partition coefficient (Wildman–Crippen LogP) is 0.722. The largest absolute Gasteiger partial charge is 0.494 e. The average molecular weight is 265 g/mol. The maximum Gasteiger partial charge on any atom is 0.220 e. The van der Waals surface area contributed by atoms with E-state index in [4.69, 9.17) is 9.47 Å². The quantitative estimate of drug-likeness (QED) is 0.744. The molecule has 1 fully saturated rings. The van der Waals surface area contributed by atoms with Gasteiger partial charge in [0.1, 0.15) is 5.75 Å². The Morgan fingerprint density at radius 2 is 2.16 bits per heavy atom. The average Bonchev–Trinajstić information content (AvgIpc) is 2.82. The zero-order valence-corrected chi connectivity index (χ0v) is 10.7. The Kier molecular flexibility index (Phi) is 5.18. The Morgan fingerprint density at radius 3 is 2.84 bits per heavy atom. The van der Waals surface area contributed by atoms with Gasteiger partial charge >= 0.3 is 0 Å². The number of para-hydroxylation sites is 1. The molecule has 0 aromatic heterocycles. The van der Waals surface area contributed by atoms with Crippen LogP contribution in [-0.2, 0) is 9.53 Å². The van der Waals surface area contributed by atoms with Gasteiger partial charge in [0.05, 0.1) is 32.0 Å². The lowest BCUT2D eigenvalue weighted by atomic mass is 10.2. The van der Waals surface area contributed by atoms with Crippen molar-refractivity contribution in [3.8, 4) is 5.75 Å². The van der Waals surface area contributed by atoms with Gasteiger partial charge in [-0.05, 0) is 18.6 Å². The van der Waals surface area contributed by atoms with Crippen LogP contribution in [0.15, 0.2) is 30.3 Å². The van der Waals surface area contributed by atoms with Crippen LogP contribution in [0.3, 0.4) is 0 Å². The number of carbonyl (C=O) groups is 1. The van der Waals surface area contributed by atoms with E-state index in [-0.39, 0.29) is 11.9 Å². The van der Waals surface area contributed by atoms with Crippen LogP contribution in [0, 0.1) is 0 Å². The molecule has 0 bridgehead atoms. The number of aliphatic hydroxyl groups is 1. The van der Waals surface area contributed by atoms with Crippen molar-refractivity contribution in [3.05, 3.63) is 30.3 Å². The molecule has 0 saturated carbocycles. The molecule has 2 rings (SSSR count). The van der Waals surface area contributed by atoms with Crippen LogP contribution < -0.4 is 10.1 Å². The van der Waals surface area contributed by atoms with E-state index in [1.165, 1.54) is 0 Å². The van der Waals surface area contributed by atoms with Crippen LogP contribution in [0.25, 0.3) is 0 Å². The highest BCUT2D eigenvalue weighted by Gasteiger charge is 2.27. The molecule has 1 heterocycles. The Hall–Kier alpha value is -1.59. The first-order valence-corrected chi connectivity index (χ1v) is 6.49. The summed E-state index contributed by atoms with van der Waals surface area (Å²) in [5.74, 6) is 0.730. The van der Waals surface area contributed by atoms with E-state index in [9.17, 15) is 9.90 Å². The van der Waals surface area contributed by atoms with E-state index in [1.807, 2.05) is 30.3 Å². The van der Waals surface area contributed by atoms with Crippen molar-refractivity contribution in [3.63, 3.8) is 0 Å². The predicted molar refractivity (Wildman–Crippen MR) is 69.9 cm³/mol. The molecule has 2 atom stereocenters. The molecule has 5 heteroatoms. The van der Waals surface area contributed by atoms with Gasteiger partial charge in [-0.1, -0.05) is 18.2 Å². The van der Waals surface area contributed by atoms with Crippen LogP contribution in [0.1, 0.15) is 12.8 Å². The van der Waals surface area contributed by atoms with Gasteiger partial charge in [-0.15, -0.1) is 0 Å². The summed E-state index contributed by atoms with van der Waals surface area (Å²) in [4.78, 5) is 11.6. The van der Waals surface area contributed by atoms with Crippen molar-refractivity contribution >= 4 is 5.91 Å². The molecule has 2 N–H and O–H groups in total. The number of rotatable bonds is 6. The summed E-state index contributed by atoms with van der Waals surface area (Å²) in [6, 6.07) is 9.23. The Balaban J connectivity index is 1.59. The second kappa shape index (κ2) is 7.11. The molecule has 1 amide bonds. The van der Waals surface area contributed by atoms with Gasteiger partial charge in [0.25, 0.3) is 0 Å². The number of aliphatic hydroxyl groups excluding tert-OH is 1. The highest BCUT2D eigenvalue weighted by molar-refractivity contribution is 5.76. The highest BCUT2D eigenvalue weighted by Crippen LogP contribution is 2.09. The molecule has 0 radical (unpaired) electrons. The summed E-state index contributed by atoms with van der Waals surface area (Å²) in [5, 5.41) is 12.3. The first-order chi connectivity index (χ1) is 9.25. The summed E-state index contributed by atoms with van der Waals surface area (Å²) < 4.78 is 10.6. The number of carbonyl (C=O) groups excluding carboxylic acids is 1. The van der Waals surface area contributed by atoms with Crippen molar-refractivity contribution in [2.45, 2.75) is 25.0 Å². The molecule has 1 aliphatic heterocycles. The third kappa shape index (κ3) is 4.54. The van der Waals surface area contributed by atoms with Gasteiger partial charge in [0.2, 0.25) is 5.91 Å². The van der Waals surface area contributed by atoms with Gasteiger partial charge in [0.15, 0.2) is 0 Å². The van der Waals surface area contributed by atoms with E-state index < -0.39 is 6.10 Å². The fourth-order valence-electron chi connectivity index (χ4n) is 1.90. The minimum atomic E-state index is -0.593. The lowest BCUT2D eigenvalue weighted by Crippen LogP contribution is -2.42. The summed E-state index contributed by atoms with van der Waals surface area (Å²) in [7, 11) is 0. The van der Waals surface area contributed by atoms with E-state index >= 15 is 0 Å². The number of ether oxygens (including phenoxy) is 2. The van der Waals surface area contributed by atoms with E-state index in [1.54, 1.807) is 0 Å². The number of benzene rings is 1. The van der Waals surface area contributed by atoms with Crippen LogP contribution >= 0.6 is 0 Å². The summed E-state index contributed by atoms with van der Waals surface area (Å²) in [6.07, 6.45) is 0.435. The van der Waals surface area contributed by atoms with E-state index in [0.29, 0.717) is 32.7 Å². The fourth-order valence-corrected chi connectivity index (χ4v) is 1.90. The monoisotopic (exact) mass is 265 g/mol. The normalized spacial score (nSPS) is 22.2. The van der Waals surface area contributed by atoms with Gasteiger partial charge < -0.3 is 19.9 Å². The molecule has 5 nitrogen and oxygen atoms in total. The Labute approximate surface area is 112 Å². The zero-order valence-electron chi connectivity index (χ0n) is 10.7. The molecule has 104 valence electrons. The molecular formula is C14H19NO4. The maximum atomic E-state index is 11.6. The van der Waals surface area contributed by atoms with Crippen molar-refractivity contribution < 1.29 is 19.4 Å². The van der Waals surface area contributed by atoms with Crippen molar-refractivity contribution in [2.24, 2.45) is 0 Å². The molecule has 19 heavy (non-hydrogen) atoms. The van der Waals surface area contributed by atoms with Gasteiger partial charge in [-0.25, -0.2) is 0 Å². The minimum absolute atomic E-state index is 0.0776. The van der Waals surface area contributed by atoms with Crippen molar-refractivity contribution in [1.82, 2.24) is 5.32 Å². The number of hydrogen-bond donors (Lipinski definition) is 2. The first-order valence-electron chi connectivity index (χ1n) is 6.49. The smallest absolute Gasteiger partial charge is 0.220 e. The molecule has 1 aliphatic rings. The second-order valence-electron chi connectivity index (χ2n) is 4.54. The van der Waals surface area contributed by atoms with Crippen molar-refractivity contribution in [2.75, 3.05) is 19.8 Å². The lowest BCUT2D eigenvalue weighted by molar-refractivity contribution is -0.122. The van der Waals surface area contributed by atoms with Gasteiger partial charge in [-0.3, -0.25) is 4.79 Å². The SMILES string of the molecule is O=C(CCCOc1ccccc1)N[C@@H]1COC[C@H]1O. The highest BCUT2D eigenvalue weighted by atomic mass is 16.5. The van der Waals surface area contributed by atoms with E-state index in [0.717, 1.165) is 5.75 Å². The summed E-state index contributed by atoms with van der Waals surface area (Å²) >= 11 is 0. The standard InChI is InChI=1S/C14H19NO4/c16-13-10-18-9-12(13)15-14(17)7-4-8-19-11-5-2-1-3-6-11/h1-3,5-6,12-13,16H,4,7-10H2,(H,15,17)/t12-,13-/m1/s1. The summed E-state index contributed by atoms with van der Waals surface area (Å²) in [6.45, 7) is 1.18. The molecule has 1 aromatic carbocycles. The van der Waals surface area contributed by atoms with Crippen LogP contribution in [0.2, 0.25) is 0 Å². The van der Waals surface area contributed by atoms with Crippen LogP contribution in [0.5, 0.6) is 5.75 Å². The Bertz CT molecular complexity index is 396. The molecular weight excluding hydrogens is 246 g/mol. The molecule has 0 aliphatic carbocycles. The Morgan fingerprint density at radius 1 is 1.37 bits per heavy atom. The maximum absolute atomic E-state index is 11.6. The van der Waals surface area contributed by atoms with Crippen molar-refractivity contribution in [1.29, 1.82) is 0 Å². The fraction of sp³-hybridized carbons (Fsp3) is 0.500. The third-order valence-electron chi connectivity index (χ3n) is 2.96. The van der Waals surface area contributed by atoms with Gasteiger partial charge in [-0.2, -0.15) is 0 Å². The molecule has 1 aromatic rings. The van der Waals surface area contributed by atoms with E-state index in [2.05, 4.69) is 5.32 Å². The number of amides is 1. The second-order valence-corrected chi connectivity index (χ2v) is 4.54. The van der Waals surface area contributed by atoms with Crippen LogP contribution in [-0.4, -0.2) is 43.0 Å². The molecule has 1 saturated heterocycles.